The molecule has 1 aromatic rings. The molecule has 0 saturated carbocycles. The summed E-state index contributed by atoms with van der Waals surface area (Å²) in [7, 11) is 0. The molecule has 4 heteroatoms. The summed E-state index contributed by atoms with van der Waals surface area (Å²) in [4.78, 5) is -0.568. The van der Waals surface area contributed by atoms with E-state index in [0.29, 0.717) is 12.1 Å². The van der Waals surface area contributed by atoms with E-state index in [9.17, 15) is 13.2 Å². The van der Waals surface area contributed by atoms with Crippen molar-refractivity contribution in [3.05, 3.63) is 29.6 Å². The highest BCUT2D eigenvalue weighted by atomic mass is 32.1. The lowest BCUT2D eigenvalue weighted by atomic mass is 10.3. The Morgan fingerprint density at radius 1 is 1.00 bits per heavy atom. The molecule has 0 aliphatic heterocycles. The van der Waals surface area contributed by atoms with Gasteiger partial charge in [-0.25, -0.2) is 13.2 Å². The van der Waals surface area contributed by atoms with Crippen LogP contribution in [0.25, 0.3) is 0 Å². The van der Waals surface area contributed by atoms with Crippen molar-refractivity contribution in [3.8, 4) is 0 Å². The Hall–Kier alpha value is -0.770. The number of rotatable bonds is 0. The molecular weight excluding hydrogens is 161 g/mol. The first-order valence-electron chi connectivity index (χ1n) is 2.43. The van der Waals surface area contributed by atoms with Crippen molar-refractivity contribution < 1.29 is 13.2 Å². The normalized spacial score (nSPS) is 9.90. The Kier molecular flexibility index (Phi) is 1.80. The van der Waals surface area contributed by atoms with Gasteiger partial charge in [0.15, 0.2) is 0 Å². The minimum Gasteiger partial charge on any atom is -0.207 e. The predicted molar refractivity (Wildman–Crippen MR) is 32.2 cm³/mol. The molecule has 0 heterocycles. The Morgan fingerprint density at radius 3 is 1.80 bits per heavy atom. The Balaban J connectivity index is 3.31. The van der Waals surface area contributed by atoms with E-state index in [0.717, 1.165) is 0 Å². The van der Waals surface area contributed by atoms with E-state index in [1.54, 1.807) is 0 Å². The van der Waals surface area contributed by atoms with Crippen LogP contribution >= 0.6 is 12.6 Å². The summed E-state index contributed by atoms with van der Waals surface area (Å²) in [5.74, 6) is -3.02. The topological polar surface area (TPSA) is 0 Å². The molecule has 0 atom stereocenters. The fourth-order valence-electron chi connectivity index (χ4n) is 0.529. The van der Waals surface area contributed by atoms with Crippen LogP contribution in [-0.4, -0.2) is 0 Å². The first kappa shape index (κ1) is 7.34. The van der Waals surface area contributed by atoms with Crippen molar-refractivity contribution in [2.75, 3.05) is 0 Å². The van der Waals surface area contributed by atoms with E-state index >= 15 is 0 Å². The van der Waals surface area contributed by atoms with E-state index in [1.165, 1.54) is 0 Å². The summed E-state index contributed by atoms with van der Waals surface area (Å²) in [6.45, 7) is 0. The molecule has 10 heavy (non-hydrogen) atoms. The fraction of sp³-hybridized carbons (Fsp3) is 0. The smallest absolute Gasteiger partial charge is 0.147 e. The molecule has 1 radical (unpaired) electrons. The monoisotopic (exact) mass is 163 g/mol. The minimum absolute atomic E-state index is 0.547. The predicted octanol–water partition coefficient (Wildman–Crippen LogP) is 2.66. The second-order valence-corrected chi connectivity index (χ2v) is 2.11. The van der Waals surface area contributed by atoms with Crippen molar-refractivity contribution in [1.82, 2.24) is 0 Å². The van der Waals surface area contributed by atoms with Gasteiger partial charge in [-0.2, -0.15) is 0 Å². The highest BCUT2D eigenvalue weighted by Gasteiger charge is 2.07. The summed E-state index contributed by atoms with van der Waals surface area (Å²) >= 11 is 4.24. The Morgan fingerprint density at radius 2 is 1.40 bits per heavy atom. The lowest BCUT2D eigenvalue weighted by Crippen LogP contribution is -1.86. The number of hydrogen-bond acceptors (Lipinski definition) is 0. The zero-order valence-electron chi connectivity index (χ0n) is 4.70. The van der Waals surface area contributed by atoms with Crippen molar-refractivity contribution in [2.24, 2.45) is 0 Å². The molecule has 0 nitrogen and oxygen atoms in total. The van der Waals surface area contributed by atoms with Gasteiger partial charge in [-0.05, 0) is 0 Å². The first-order valence-corrected chi connectivity index (χ1v) is 2.83. The van der Waals surface area contributed by atoms with Crippen LogP contribution in [0.3, 0.4) is 0 Å². The van der Waals surface area contributed by atoms with Crippen molar-refractivity contribution >= 4 is 12.6 Å². The quantitative estimate of drug-likeness (QED) is 0.551. The second-order valence-electron chi connectivity index (χ2n) is 1.70. The van der Waals surface area contributed by atoms with Crippen LogP contribution in [0.1, 0.15) is 0 Å². The zero-order chi connectivity index (χ0) is 7.72. The van der Waals surface area contributed by atoms with E-state index < -0.39 is 22.3 Å². The second kappa shape index (κ2) is 2.46. The summed E-state index contributed by atoms with van der Waals surface area (Å²) in [6.07, 6.45) is 0. The van der Waals surface area contributed by atoms with Crippen LogP contribution in [0.5, 0.6) is 0 Å². The third kappa shape index (κ3) is 1.21. The largest absolute Gasteiger partial charge is 0.207 e. The highest BCUT2D eigenvalue weighted by Crippen LogP contribution is 2.17. The van der Waals surface area contributed by atoms with Crippen molar-refractivity contribution in [3.63, 3.8) is 0 Å². The van der Waals surface area contributed by atoms with Crippen molar-refractivity contribution in [1.29, 1.82) is 0 Å². The summed E-state index contributed by atoms with van der Waals surface area (Å²) in [5.41, 5.74) is 0. The van der Waals surface area contributed by atoms with Gasteiger partial charge in [-0.1, -0.05) is 12.6 Å². The minimum atomic E-state index is -1.03. The van der Waals surface area contributed by atoms with Gasteiger partial charge in [0.25, 0.3) is 0 Å². The van der Waals surface area contributed by atoms with Crippen LogP contribution in [0.15, 0.2) is 17.0 Å². The van der Waals surface area contributed by atoms with Crippen LogP contribution < -0.4 is 0 Å². The maximum absolute atomic E-state index is 12.3. The van der Waals surface area contributed by atoms with Gasteiger partial charge in [0, 0.05) is 12.1 Å². The Bertz CT molecular complexity index is 236. The fourth-order valence-corrected chi connectivity index (χ4v) is 0.647. The van der Waals surface area contributed by atoms with E-state index in [2.05, 4.69) is 12.6 Å². The van der Waals surface area contributed by atoms with Crippen molar-refractivity contribution in [2.45, 2.75) is 4.90 Å². The molecule has 53 valence electrons. The molecular formula is C6H2F3S. The summed E-state index contributed by atoms with van der Waals surface area (Å²) in [5, 5.41) is 0. The molecule has 0 spiro atoms. The van der Waals surface area contributed by atoms with E-state index in [4.69, 9.17) is 0 Å². The third-order valence-electron chi connectivity index (χ3n) is 0.963. The van der Waals surface area contributed by atoms with Gasteiger partial charge in [0.2, 0.25) is 0 Å². The average molecular weight is 163 g/mol. The van der Waals surface area contributed by atoms with Gasteiger partial charge < -0.3 is 0 Å². The van der Waals surface area contributed by atoms with E-state index in [1.807, 2.05) is 0 Å². The molecule has 0 amide bonds. The summed E-state index contributed by atoms with van der Waals surface area (Å²) in [6, 6.07) is 1.09. The standard InChI is InChI=1S/C6H2F3S/c7-3-1-4(8)6(10)5(9)2-3/h1-2H. The third-order valence-corrected chi connectivity index (χ3v) is 1.35. The maximum Gasteiger partial charge on any atom is 0.147 e. The first-order chi connectivity index (χ1) is 4.61. The lowest BCUT2D eigenvalue weighted by molar-refractivity contribution is 0.511. The molecule has 0 bridgehead atoms. The number of halogens is 3. The summed E-state index contributed by atoms with van der Waals surface area (Å²) < 4.78 is 36.6. The molecule has 1 aromatic carbocycles. The van der Waals surface area contributed by atoms with Crippen LogP contribution in [0.2, 0.25) is 0 Å². The maximum atomic E-state index is 12.3. The molecule has 0 N–H and O–H groups in total. The molecule has 0 unspecified atom stereocenters. The molecule has 0 aliphatic rings. The average Bonchev–Trinajstić information content (AvgIpc) is 1.82. The van der Waals surface area contributed by atoms with Crippen LogP contribution in [0, 0.1) is 17.5 Å². The van der Waals surface area contributed by atoms with Gasteiger partial charge in [0.05, 0.1) is 0 Å². The molecule has 0 aliphatic carbocycles. The van der Waals surface area contributed by atoms with Gasteiger partial charge >= 0.3 is 0 Å². The van der Waals surface area contributed by atoms with Gasteiger partial charge in [-0.3, -0.25) is 0 Å². The number of benzene rings is 1. The SMILES string of the molecule is Fc1cc(F)c([S])c(F)c1. The molecule has 0 fully saturated rings. The van der Waals surface area contributed by atoms with Crippen LogP contribution in [0.4, 0.5) is 13.2 Å². The zero-order valence-corrected chi connectivity index (χ0v) is 5.51. The van der Waals surface area contributed by atoms with Gasteiger partial charge in [-0.15, -0.1) is 0 Å². The highest BCUT2D eigenvalue weighted by molar-refractivity contribution is 7.80. The van der Waals surface area contributed by atoms with Gasteiger partial charge in [0.1, 0.15) is 22.3 Å². The molecule has 0 saturated heterocycles. The number of hydrogen-bond donors (Lipinski definition) is 0. The molecule has 1 rings (SSSR count). The molecule has 0 aromatic heterocycles. The van der Waals surface area contributed by atoms with Crippen LogP contribution in [-0.2, 0) is 0 Å². The van der Waals surface area contributed by atoms with E-state index in [-0.39, 0.29) is 0 Å². The Labute approximate surface area is 61.1 Å². The lowest BCUT2D eigenvalue weighted by Gasteiger charge is -1.94.